The summed E-state index contributed by atoms with van der Waals surface area (Å²) in [5.74, 6) is -0.995. The highest BCUT2D eigenvalue weighted by atomic mass is 16.8. The lowest BCUT2D eigenvalue weighted by Gasteiger charge is -2.47. The highest BCUT2D eigenvalue weighted by molar-refractivity contribution is 5.76. The fourth-order valence-electron chi connectivity index (χ4n) is 7.76. The number of nitrogens with zero attached hydrogens (tertiary/aromatic N) is 1. The number of rotatable bonds is 23. The number of unbranched alkanes of at least 4 members (excludes halogenated alkanes) is 10. The summed E-state index contributed by atoms with van der Waals surface area (Å²) in [6, 6.07) is -1.93. The zero-order valence-corrected chi connectivity index (χ0v) is 33.9. The number of hydrogen-bond acceptors (Lipinski definition) is 16. The van der Waals surface area contributed by atoms with E-state index in [4.69, 9.17) is 18.9 Å². The largest absolute Gasteiger partial charge is 0.394 e. The van der Waals surface area contributed by atoms with Gasteiger partial charge in [-0.25, -0.2) is 4.79 Å². The van der Waals surface area contributed by atoms with Gasteiger partial charge in [-0.3, -0.25) is 23.9 Å². The van der Waals surface area contributed by atoms with Gasteiger partial charge in [-0.15, -0.1) is 0 Å². The summed E-state index contributed by atoms with van der Waals surface area (Å²) in [7, 11) is 0. The molecular formula is C39H66N4O16. The molecule has 4 heterocycles. The molecule has 6 unspecified atom stereocenters. The second-order valence-electron chi connectivity index (χ2n) is 15.9. The van der Waals surface area contributed by atoms with E-state index in [9.17, 15) is 60.0 Å². The van der Waals surface area contributed by atoms with Crippen molar-refractivity contribution in [3.8, 4) is 0 Å². The smallest absolute Gasteiger partial charge is 0.330 e. The van der Waals surface area contributed by atoms with E-state index in [0.29, 0.717) is 12.8 Å². The molecule has 11 N–H and O–H groups in total. The van der Waals surface area contributed by atoms with Crippen molar-refractivity contribution >= 4 is 11.8 Å². The maximum Gasteiger partial charge on any atom is 0.330 e. The molecule has 3 fully saturated rings. The lowest BCUT2D eigenvalue weighted by atomic mass is 9.91. The first-order valence-electron chi connectivity index (χ1n) is 21.1. The fraction of sp³-hybridized carbons (Fsp3) is 0.846. The Labute approximate surface area is 342 Å². The topological polar surface area (TPSA) is 312 Å². The molecule has 15 atom stereocenters. The Bertz CT molecular complexity index is 1550. The summed E-state index contributed by atoms with van der Waals surface area (Å²) in [4.78, 5) is 52.3. The maximum absolute atomic E-state index is 13.2. The first-order valence-corrected chi connectivity index (χ1v) is 21.1. The molecular weight excluding hydrogens is 780 g/mol. The molecule has 0 spiro atoms. The number of H-pyrrole nitrogens is 1. The van der Waals surface area contributed by atoms with Crippen molar-refractivity contribution in [2.45, 2.75) is 202 Å². The Morgan fingerprint density at radius 3 is 1.71 bits per heavy atom. The van der Waals surface area contributed by atoms with E-state index < -0.39 is 128 Å². The van der Waals surface area contributed by atoms with E-state index in [1.54, 1.807) is 0 Å². The average molecular weight is 847 g/mol. The number of aliphatic hydroxyl groups excluding tert-OH is 8. The summed E-state index contributed by atoms with van der Waals surface area (Å²) < 4.78 is 24.5. The van der Waals surface area contributed by atoms with Gasteiger partial charge >= 0.3 is 5.69 Å². The summed E-state index contributed by atoms with van der Waals surface area (Å²) >= 11 is 0. The molecule has 4 rings (SSSR count). The van der Waals surface area contributed by atoms with Gasteiger partial charge in [-0.05, 0) is 12.8 Å². The number of aromatic nitrogens is 2. The summed E-state index contributed by atoms with van der Waals surface area (Å²) in [5, 5.41) is 92.7. The number of carbonyl (C=O) groups excluding carboxylic acids is 2. The van der Waals surface area contributed by atoms with Crippen LogP contribution in [-0.2, 0) is 28.5 Å². The Hall–Kier alpha value is -2.86. The molecule has 20 nitrogen and oxygen atoms in total. The van der Waals surface area contributed by atoms with Gasteiger partial charge in [0.05, 0.1) is 18.8 Å². The van der Waals surface area contributed by atoms with Crippen LogP contribution >= 0.6 is 0 Å². The van der Waals surface area contributed by atoms with Crippen LogP contribution in [0.25, 0.3) is 0 Å². The van der Waals surface area contributed by atoms with E-state index >= 15 is 0 Å². The van der Waals surface area contributed by atoms with Gasteiger partial charge in [0.25, 0.3) is 5.56 Å². The second-order valence-corrected chi connectivity index (χ2v) is 15.9. The lowest BCUT2D eigenvalue weighted by molar-refractivity contribution is -0.347. The summed E-state index contributed by atoms with van der Waals surface area (Å²) in [6.45, 7) is 3.42. The van der Waals surface area contributed by atoms with E-state index in [1.807, 2.05) is 4.98 Å². The number of amides is 2. The Balaban J connectivity index is 1.53. The molecule has 3 aliphatic rings. The number of aromatic amines is 1. The number of hydrogen-bond donors (Lipinski definition) is 11. The fourth-order valence-corrected chi connectivity index (χ4v) is 7.76. The van der Waals surface area contributed by atoms with E-state index in [1.165, 1.54) is 0 Å². The predicted octanol–water partition coefficient (Wildman–Crippen LogP) is -1.72. The van der Waals surface area contributed by atoms with Crippen LogP contribution in [0.1, 0.15) is 116 Å². The molecule has 3 aliphatic heterocycles. The zero-order chi connectivity index (χ0) is 43.2. The van der Waals surface area contributed by atoms with Gasteiger partial charge in [0, 0.05) is 31.5 Å². The van der Waals surface area contributed by atoms with Crippen LogP contribution in [0.3, 0.4) is 0 Å². The maximum atomic E-state index is 13.2. The second kappa shape index (κ2) is 24.0. The van der Waals surface area contributed by atoms with Crippen molar-refractivity contribution in [1.29, 1.82) is 0 Å². The molecule has 338 valence electrons. The van der Waals surface area contributed by atoms with Crippen molar-refractivity contribution in [3.63, 3.8) is 0 Å². The van der Waals surface area contributed by atoms with Crippen LogP contribution in [-0.4, -0.2) is 155 Å². The minimum atomic E-state index is -1.82. The number of ether oxygens (including phenoxy) is 4. The molecule has 0 bridgehead atoms. The third kappa shape index (κ3) is 13.3. The number of aliphatic hydroxyl groups is 8. The van der Waals surface area contributed by atoms with Crippen LogP contribution in [0.2, 0.25) is 0 Å². The predicted molar refractivity (Wildman–Crippen MR) is 207 cm³/mol. The minimum Gasteiger partial charge on any atom is -0.394 e. The van der Waals surface area contributed by atoms with Crippen LogP contribution in [0.4, 0.5) is 0 Å². The monoisotopic (exact) mass is 846 g/mol. The first-order chi connectivity index (χ1) is 28.2. The zero-order valence-electron chi connectivity index (χ0n) is 33.9. The Kier molecular flexibility index (Phi) is 19.8. The Morgan fingerprint density at radius 1 is 0.712 bits per heavy atom. The molecule has 0 radical (unpaired) electrons. The highest BCUT2D eigenvalue weighted by Gasteiger charge is 2.53. The molecule has 1 aromatic rings. The lowest BCUT2D eigenvalue weighted by Crippen LogP contribution is -2.69. The quantitative estimate of drug-likeness (QED) is 0.0546. The van der Waals surface area contributed by atoms with Gasteiger partial charge in [0.2, 0.25) is 11.8 Å². The van der Waals surface area contributed by atoms with Gasteiger partial charge in [0.1, 0.15) is 60.9 Å². The van der Waals surface area contributed by atoms with Crippen molar-refractivity contribution in [3.05, 3.63) is 33.1 Å². The van der Waals surface area contributed by atoms with Gasteiger partial charge in [0.15, 0.2) is 18.8 Å². The van der Waals surface area contributed by atoms with Crippen molar-refractivity contribution in [2.75, 3.05) is 6.61 Å². The van der Waals surface area contributed by atoms with Crippen LogP contribution in [0.15, 0.2) is 21.9 Å². The van der Waals surface area contributed by atoms with Crippen LogP contribution in [0, 0.1) is 0 Å². The molecule has 1 aromatic heterocycles. The van der Waals surface area contributed by atoms with Crippen molar-refractivity contribution in [2.24, 2.45) is 0 Å². The minimum absolute atomic E-state index is 0.0631. The SMILES string of the molecule is CCCCCCCCC(=O)NC1C(O[C@@H]2OC(C[C@@H](O)[C@H]3O[C@@H](n4ccc(=O)[nH]c4=O)[C@H](O)[C@@H]3O)C(O)C(O)[C@H]2NC(=O)CCCCCCCC)O[C@@H](CO)[C@@H](O)C1O. The molecule has 20 heteroatoms. The normalized spacial score (nSPS) is 34.1. The first kappa shape index (κ1) is 48.8. The average Bonchev–Trinajstić information content (AvgIpc) is 3.50. The van der Waals surface area contributed by atoms with Crippen molar-refractivity contribution < 1.29 is 69.4 Å². The number of carbonyl (C=O) groups is 2. The standard InChI is InChI=1S/C39H66N4O16/c1-3-5-7-9-11-13-15-24(46)40-27-31(51)29(49)22(19-21(45)35-33(53)34(54)36(58-35)43-18-17-26(48)42-39(43)55)56-37(27)59-38-28(32(52)30(50)23(20-44)57-38)41-25(47)16-14-12-10-8-6-4-2/h17-18,21-23,27-38,44-45,49-54H,3-16,19-20H2,1-2H3,(H,40,46)(H,41,47)(H,42,48,55)/t21-,22?,23+,27-,28?,29?,30-,31?,32?,33+,34-,35-,36-,37+,38?/m1/s1. The van der Waals surface area contributed by atoms with Crippen LogP contribution < -0.4 is 21.9 Å². The van der Waals surface area contributed by atoms with Crippen LogP contribution in [0.5, 0.6) is 0 Å². The third-order valence-electron chi connectivity index (χ3n) is 11.3. The van der Waals surface area contributed by atoms with Gasteiger partial charge in [-0.1, -0.05) is 78.1 Å². The van der Waals surface area contributed by atoms with Gasteiger partial charge in [-0.2, -0.15) is 0 Å². The molecule has 2 amide bonds. The third-order valence-corrected chi connectivity index (χ3v) is 11.3. The highest BCUT2D eigenvalue weighted by Crippen LogP contribution is 2.34. The van der Waals surface area contributed by atoms with E-state index in [-0.39, 0.29) is 12.8 Å². The molecule has 0 aliphatic carbocycles. The van der Waals surface area contributed by atoms with Gasteiger partial charge < -0.3 is 70.4 Å². The summed E-state index contributed by atoms with van der Waals surface area (Å²) in [6.07, 6.45) is -10.2. The Morgan fingerprint density at radius 2 is 1.20 bits per heavy atom. The molecule has 3 saturated heterocycles. The molecule has 0 saturated carbocycles. The molecule has 59 heavy (non-hydrogen) atoms. The summed E-state index contributed by atoms with van der Waals surface area (Å²) in [5.41, 5.74) is -1.67. The van der Waals surface area contributed by atoms with E-state index in [2.05, 4.69) is 24.5 Å². The molecule has 0 aromatic carbocycles. The van der Waals surface area contributed by atoms with Crippen molar-refractivity contribution in [1.82, 2.24) is 20.2 Å². The number of nitrogens with one attached hydrogen (secondary N) is 3. The van der Waals surface area contributed by atoms with E-state index in [0.717, 1.165) is 81.0 Å².